The second-order valence-corrected chi connectivity index (χ2v) is 6.36. The Morgan fingerprint density at radius 2 is 2.12 bits per heavy atom. The molecule has 0 aliphatic heterocycles. The summed E-state index contributed by atoms with van der Waals surface area (Å²) < 4.78 is 1.65. The van der Waals surface area contributed by atoms with Gasteiger partial charge in [0.25, 0.3) is 0 Å². The Morgan fingerprint density at radius 3 is 2.71 bits per heavy atom. The Bertz CT molecular complexity index is 577. The lowest BCUT2D eigenvalue weighted by Crippen LogP contribution is -2.42. The Hall–Kier alpha value is -2.09. The minimum absolute atomic E-state index is 0.137. The highest BCUT2D eigenvalue weighted by molar-refractivity contribution is 5.81. The zero-order valence-corrected chi connectivity index (χ0v) is 14.7. The molecule has 1 aliphatic rings. The van der Waals surface area contributed by atoms with Gasteiger partial charge in [0, 0.05) is 44.4 Å². The largest absolute Gasteiger partial charge is 0.383 e. The fourth-order valence-corrected chi connectivity index (χ4v) is 2.22. The van der Waals surface area contributed by atoms with Gasteiger partial charge in [-0.05, 0) is 26.7 Å². The van der Waals surface area contributed by atoms with E-state index in [1.54, 1.807) is 24.0 Å². The van der Waals surface area contributed by atoms with Crippen LogP contribution in [0.25, 0.3) is 0 Å². The fourth-order valence-electron chi connectivity index (χ4n) is 2.22. The number of carbonyl (C=O) groups is 1. The average Bonchev–Trinajstić information content (AvgIpc) is 3.30. The normalized spacial score (nSPS) is 17.2. The van der Waals surface area contributed by atoms with E-state index in [1.807, 2.05) is 14.0 Å². The summed E-state index contributed by atoms with van der Waals surface area (Å²) in [5, 5.41) is 23.8. The van der Waals surface area contributed by atoms with Crippen LogP contribution in [0.2, 0.25) is 0 Å². The van der Waals surface area contributed by atoms with Gasteiger partial charge in [-0.2, -0.15) is 5.10 Å². The lowest BCUT2D eigenvalue weighted by atomic mass is 10.0. The summed E-state index contributed by atoms with van der Waals surface area (Å²) in [6, 6.07) is 0. The molecule has 8 heteroatoms. The van der Waals surface area contributed by atoms with Crippen molar-refractivity contribution in [3.8, 4) is 0 Å². The zero-order chi connectivity index (χ0) is 17.6. The van der Waals surface area contributed by atoms with Crippen LogP contribution in [0.5, 0.6) is 0 Å². The third kappa shape index (κ3) is 5.52. The summed E-state index contributed by atoms with van der Waals surface area (Å²) in [4.78, 5) is 16.0. The van der Waals surface area contributed by atoms with E-state index in [0.717, 1.165) is 24.9 Å². The van der Waals surface area contributed by atoms with Crippen molar-refractivity contribution in [3.05, 3.63) is 18.0 Å². The summed E-state index contributed by atoms with van der Waals surface area (Å²) in [7, 11) is 1.81. The first kappa shape index (κ1) is 18.3. The summed E-state index contributed by atoms with van der Waals surface area (Å²) in [6.07, 6.45) is 5.44. The monoisotopic (exact) mass is 336 g/mol. The van der Waals surface area contributed by atoms with Gasteiger partial charge in [0.1, 0.15) is 5.60 Å². The van der Waals surface area contributed by atoms with Crippen LogP contribution in [0.4, 0.5) is 0 Å². The van der Waals surface area contributed by atoms with Gasteiger partial charge < -0.3 is 21.1 Å². The van der Waals surface area contributed by atoms with Crippen LogP contribution in [0, 0.1) is 5.92 Å². The first-order valence-corrected chi connectivity index (χ1v) is 8.44. The molecule has 1 atom stereocenters. The van der Waals surface area contributed by atoms with Gasteiger partial charge in [0.15, 0.2) is 5.96 Å². The van der Waals surface area contributed by atoms with E-state index in [9.17, 15) is 9.90 Å². The van der Waals surface area contributed by atoms with Crippen molar-refractivity contribution in [1.82, 2.24) is 25.7 Å². The Morgan fingerprint density at radius 1 is 1.42 bits per heavy atom. The maximum atomic E-state index is 11.6. The molecule has 1 saturated carbocycles. The number of aromatic nitrogens is 2. The molecule has 0 saturated heterocycles. The van der Waals surface area contributed by atoms with Gasteiger partial charge in [-0.15, -0.1) is 0 Å². The summed E-state index contributed by atoms with van der Waals surface area (Å²) in [5.41, 5.74) is -0.363. The molecule has 24 heavy (non-hydrogen) atoms. The molecule has 1 unspecified atom stereocenters. The molecule has 0 aromatic carbocycles. The van der Waals surface area contributed by atoms with Crippen molar-refractivity contribution < 1.29 is 9.90 Å². The molecule has 1 aromatic heterocycles. The maximum absolute atomic E-state index is 11.6. The number of rotatable bonds is 8. The van der Waals surface area contributed by atoms with Crippen molar-refractivity contribution >= 4 is 11.9 Å². The number of guanidine groups is 1. The smallest absolute Gasteiger partial charge is 0.223 e. The van der Waals surface area contributed by atoms with Gasteiger partial charge in [-0.25, -0.2) is 4.99 Å². The fraction of sp³-hybridized carbons (Fsp3) is 0.688. The average molecular weight is 336 g/mol. The molecular formula is C16H28N6O2. The van der Waals surface area contributed by atoms with Crippen LogP contribution in [-0.4, -0.2) is 52.9 Å². The third-order valence-electron chi connectivity index (χ3n) is 3.88. The van der Waals surface area contributed by atoms with Gasteiger partial charge in [0.2, 0.25) is 5.91 Å². The third-order valence-corrected chi connectivity index (χ3v) is 3.88. The number of hydrogen-bond acceptors (Lipinski definition) is 4. The molecule has 1 aliphatic carbocycles. The molecule has 0 bridgehead atoms. The summed E-state index contributed by atoms with van der Waals surface area (Å²) >= 11 is 0. The van der Waals surface area contributed by atoms with E-state index in [0.29, 0.717) is 19.0 Å². The van der Waals surface area contributed by atoms with Crippen molar-refractivity contribution in [3.63, 3.8) is 0 Å². The number of carbonyl (C=O) groups excluding carboxylic acids is 1. The second kappa shape index (κ2) is 8.14. The molecule has 134 valence electrons. The SMILES string of the molecule is CCNC(=NCC(C)(O)c1cnn(C)c1)NCCNC(=O)C1CC1. The highest BCUT2D eigenvalue weighted by atomic mass is 16.3. The lowest BCUT2D eigenvalue weighted by Gasteiger charge is -2.20. The highest BCUT2D eigenvalue weighted by Gasteiger charge is 2.29. The van der Waals surface area contributed by atoms with E-state index >= 15 is 0 Å². The summed E-state index contributed by atoms with van der Waals surface area (Å²) in [5.74, 6) is 0.974. The van der Waals surface area contributed by atoms with Gasteiger partial charge in [0.05, 0.1) is 12.7 Å². The van der Waals surface area contributed by atoms with E-state index in [2.05, 4.69) is 26.0 Å². The number of nitrogens with one attached hydrogen (secondary N) is 3. The number of aliphatic hydroxyl groups is 1. The van der Waals surface area contributed by atoms with Crippen molar-refractivity contribution in [2.45, 2.75) is 32.3 Å². The Kier molecular flexibility index (Phi) is 6.19. The number of aryl methyl sites for hydroxylation is 1. The van der Waals surface area contributed by atoms with Crippen molar-refractivity contribution in [2.24, 2.45) is 18.0 Å². The predicted molar refractivity (Wildman–Crippen MR) is 92.5 cm³/mol. The zero-order valence-electron chi connectivity index (χ0n) is 14.7. The van der Waals surface area contributed by atoms with E-state index in [1.165, 1.54) is 0 Å². The second-order valence-electron chi connectivity index (χ2n) is 6.36. The van der Waals surface area contributed by atoms with Crippen LogP contribution in [0.1, 0.15) is 32.3 Å². The molecule has 0 spiro atoms. The molecule has 1 heterocycles. The van der Waals surface area contributed by atoms with Gasteiger partial charge in [-0.3, -0.25) is 9.48 Å². The van der Waals surface area contributed by atoms with Crippen LogP contribution in [0.3, 0.4) is 0 Å². The van der Waals surface area contributed by atoms with Crippen LogP contribution in [-0.2, 0) is 17.4 Å². The number of nitrogens with zero attached hydrogens (tertiary/aromatic N) is 3. The van der Waals surface area contributed by atoms with Crippen LogP contribution in [0.15, 0.2) is 17.4 Å². The Balaban J connectivity index is 1.81. The maximum Gasteiger partial charge on any atom is 0.223 e. The molecule has 1 amide bonds. The molecule has 1 aromatic rings. The van der Waals surface area contributed by atoms with Crippen molar-refractivity contribution in [2.75, 3.05) is 26.2 Å². The Labute approximate surface area is 142 Å². The number of aliphatic imine (C=N–C) groups is 1. The molecular weight excluding hydrogens is 308 g/mol. The lowest BCUT2D eigenvalue weighted by molar-refractivity contribution is -0.122. The summed E-state index contributed by atoms with van der Waals surface area (Å²) in [6.45, 7) is 5.76. The van der Waals surface area contributed by atoms with Crippen LogP contribution >= 0.6 is 0 Å². The van der Waals surface area contributed by atoms with Gasteiger partial charge >= 0.3 is 0 Å². The van der Waals surface area contributed by atoms with E-state index < -0.39 is 5.60 Å². The standard InChI is InChI=1S/C16H28N6O2/c1-4-17-15(19-8-7-18-14(23)12-5-6-12)20-11-16(2,24)13-9-21-22(3)10-13/h9-10,12,24H,4-8,11H2,1-3H3,(H,18,23)(H2,17,19,20). The topological polar surface area (TPSA) is 104 Å². The first-order chi connectivity index (χ1) is 11.4. The van der Waals surface area contributed by atoms with Crippen LogP contribution < -0.4 is 16.0 Å². The molecule has 8 nitrogen and oxygen atoms in total. The quantitative estimate of drug-likeness (QED) is 0.297. The van der Waals surface area contributed by atoms with E-state index in [-0.39, 0.29) is 18.4 Å². The van der Waals surface area contributed by atoms with Crippen molar-refractivity contribution in [1.29, 1.82) is 0 Å². The minimum atomic E-state index is -1.09. The molecule has 2 rings (SSSR count). The highest BCUT2D eigenvalue weighted by Crippen LogP contribution is 2.28. The molecule has 0 radical (unpaired) electrons. The molecule has 4 N–H and O–H groups in total. The predicted octanol–water partition coefficient (Wildman–Crippen LogP) is -0.291. The van der Waals surface area contributed by atoms with E-state index in [4.69, 9.17) is 0 Å². The molecule has 1 fully saturated rings. The number of amides is 1. The number of hydrogen-bond donors (Lipinski definition) is 4. The first-order valence-electron chi connectivity index (χ1n) is 8.44. The van der Waals surface area contributed by atoms with Gasteiger partial charge in [-0.1, -0.05) is 0 Å². The minimum Gasteiger partial charge on any atom is -0.383 e.